The quantitative estimate of drug-likeness (QED) is 0.883. The van der Waals surface area contributed by atoms with Crippen LogP contribution in [0.5, 0.6) is 0 Å². The van der Waals surface area contributed by atoms with Crippen molar-refractivity contribution in [3.8, 4) is 0 Å². The summed E-state index contributed by atoms with van der Waals surface area (Å²) in [6.07, 6.45) is 2.46. The molecule has 1 atom stereocenters. The van der Waals surface area contributed by atoms with E-state index < -0.39 is 6.17 Å². The Morgan fingerprint density at radius 1 is 1.04 bits per heavy atom. The van der Waals surface area contributed by atoms with E-state index in [1.54, 1.807) is 24.5 Å². The molecule has 1 fully saturated rings. The monoisotopic (exact) mass is 382 g/mol. The van der Waals surface area contributed by atoms with Crippen LogP contribution in [0.1, 0.15) is 16.7 Å². The molecule has 1 saturated heterocycles. The standard InChI is InChI=1S/C20H19ClN4O2/c1-13-6-3-4-7-15(13)12-25-20(27)24-11-10-23(19(26)18(24)22-25)17-9-5-8-16(21)14(17)2/h3-11,18,22H,12H2,1-2H3. The molecule has 2 aromatic carbocycles. The Morgan fingerprint density at radius 2 is 1.81 bits per heavy atom. The number of nitrogens with one attached hydrogen (secondary N) is 1. The van der Waals surface area contributed by atoms with Crippen molar-refractivity contribution in [1.82, 2.24) is 15.3 Å². The number of amides is 3. The van der Waals surface area contributed by atoms with Gasteiger partial charge in [-0.25, -0.2) is 4.79 Å². The van der Waals surface area contributed by atoms with Gasteiger partial charge in [-0.1, -0.05) is 41.9 Å². The Morgan fingerprint density at radius 3 is 2.59 bits per heavy atom. The van der Waals surface area contributed by atoms with Crippen molar-refractivity contribution in [2.24, 2.45) is 0 Å². The van der Waals surface area contributed by atoms with Gasteiger partial charge >= 0.3 is 6.03 Å². The number of halogens is 1. The number of anilines is 1. The molecule has 138 valence electrons. The molecule has 0 bridgehead atoms. The van der Waals surface area contributed by atoms with Gasteiger partial charge in [0, 0.05) is 17.4 Å². The van der Waals surface area contributed by atoms with Gasteiger partial charge in [0.15, 0.2) is 6.17 Å². The molecule has 3 amide bonds. The van der Waals surface area contributed by atoms with Crippen LogP contribution in [0.4, 0.5) is 10.5 Å². The second-order valence-corrected chi connectivity index (χ2v) is 7.03. The number of carbonyl (C=O) groups excluding carboxylic acids is 2. The summed E-state index contributed by atoms with van der Waals surface area (Å²) in [7, 11) is 0. The number of fused-ring (bicyclic) bond motifs is 1. The molecule has 0 aliphatic carbocycles. The lowest BCUT2D eigenvalue weighted by Crippen LogP contribution is -2.51. The molecule has 27 heavy (non-hydrogen) atoms. The van der Waals surface area contributed by atoms with Gasteiger partial charge in [-0.3, -0.25) is 19.6 Å². The molecule has 0 aromatic heterocycles. The van der Waals surface area contributed by atoms with E-state index in [0.717, 1.165) is 16.7 Å². The number of aryl methyl sites for hydroxylation is 1. The number of hydrogen-bond acceptors (Lipinski definition) is 3. The number of hydrogen-bond donors (Lipinski definition) is 1. The van der Waals surface area contributed by atoms with Crippen LogP contribution < -0.4 is 10.3 Å². The lowest BCUT2D eigenvalue weighted by atomic mass is 10.1. The first-order valence-corrected chi connectivity index (χ1v) is 9.02. The normalized spacial score (nSPS) is 19.1. The lowest BCUT2D eigenvalue weighted by Gasteiger charge is -2.30. The summed E-state index contributed by atoms with van der Waals surface area (Å²) < 4.78 is 0. The van der Waals surface area contributed by atoms with Crippen molar-refractivity contribution in [2.75, 3.05) is 4.90 Å². The minimum absolute atomic E-state index is 0.233. The summed E-state index contributed by atoms with van der Waals surface area (Å²) in [5.41, 5.74) is 6.67. The van der Waals surface area contributed by atoms with Crippen molar-refractivity contribution in [1.29, 1.82) is 0 Å². The lowest BCUT2D eigenvalue weighted by molar-refractivity contribution is -0.122. The van der Waals surface area contributed by atoms with Crippen molar-refractivity contribution in [2.45, 2.75) is 26.6 Å². The summed E-state index contributed by atoms with van der Waals surface area (Å²) in [5.74, 6) is -0.233. The summed E-state index contributed by atoms with van der Waals surface area (Å²) in [4.78, 5) is 28.7. The van der Waals surface area contributed by atoms with Crippen LogP contribution in [-0.2, 0) is 11.3 Å². The van der Waals surface area contributed by atoms with E-state index in [1.807, 2.05) is 44.2 Å². The van der Waals surface area contributed by atoms with Gasteiger partial charge in [0.05, 0.1) is 12.2 Å². The van der Waals surface area contributed by atoms with Crippen LogP contribution in [0.25, 0.3) is 0 Å². The van der Waals surface area contributed by atoms with Crippen LogP contribution in [0.3, 0.4) is 0 Å². The summed E-state index contributed by atoms with van der Waals surface area (Å²) >= 11 is 6.19. The Balaban J connectivity index is 1.59. The third-order valence-corrected chi connectivity index (χ3v) is 5.35. The molecule has 0 radical (unpaired) electrons. The fraction of sp³-hybridized carbons (Fsp3) is 0.200. The average Bonchev–Trinajstić information content (AvgIpc) is 2.97. The van der Waals surface area contributed by atoms with Crippen LogP contribution in [-0.4, -0.2) is 28.0 Å². The van der Waals surface area contributed by atoms with Gasteiger partial charge in [-0.2, -0.15) is 5.43 Å². The maximum absolute atomic E-state index is 13.0. The van der Waals surface area contributed by atoms with Crippen molar-refractivity contribution >= 4 is 29.2 Å². The zero-order chi connectivity index (χ0) is 19.1. The number of urea groups is 1. The van der Waals surface area contributed by atoms with Gasteiger partial charge < -0.3 is 0 Å². The molecule has 1 N–H and O–H groups in total. The van der Waals surface area contributed by atoms with Crippen LogP contribution in [0.2, 0.25) is 5.02 Å². The summed E-state index contributed by atoms with van der Waals surface area (Å²) in [5, 5.41) is 2.07. The summed E-state index contributed by atoms with van der Waals surface area (Å²) in [6.45, 7) is 4.25. The van der Waals surface area contributed by atoms with E-state index in [0.29, 0.717) is 17.3 Å². The fourth-order valence-corrected chi connectivity index (χ4v) is 3.48. The Bertz CT molecular complexity index is 959. The SMILES string of the molecule is Cc1ccccc1CN1NC2C(=O)N(c3cccc(Cl)c3C)C=CN2C1=O. The van der Waals surface area contributed by atoms with E-state index in [2.05, 4.69) is 5.43 Å². The molecule has 6 nitrogen and oxygen atoms in total. The molecule has 2 heterocycles. The van der Waals surface area contributed by atoms with E-state index in [9.17, 15) is 9.59 Å². The van der Waals surface area contributed by atoms with E-state index in [1.165, 1.54) is 14.8 Å². The highest BCUT2D eigenvalue weighted by Gasteiger charge is 2.44. The molecule has 1 unspecified atom stereocenters. The number of benzene rings is 2. The minimum atomic E-state index is -0.773. The van der Waals surface area contributed by atoms with Crippen molar-refractivity contribution < 1.29 is 9.59 Å². The molecular weight excluding hydrogens is 364 g/mol. The largest absolute Gasteiger partial charge is 0.340 e. The molecule has 4 rings (SSSR count). The first-order valence-electron chi connectivity index (χ1n) is 8.64. The highest BCUT2D eigenvalue weighted by Crippen LogP contribution is 2.30. The minimum Gasteiger partial charge on any atom is -0.283 e. The van der Waals surface area contributed by atoms with Gasteiger partial charge in [0.1, 0.15) is 0 Å². The van der Waals surface area contributed by atoms with Crippen LogP contribution in [0.15, 0.2) is 54.9 Å². The Labute approximate surface area is 162 Å². The van der Waals surface area contributed by atoms with Gasteiger partial charge in [0.2, 0.25) is 0 Å². The van der Waals surface area contributed by atoms with E-state index in [4.69, 9.17) is 11.6 Å². The second kappa shape index (κ2) is 6.72. The highest BCUT2D eigenvalue weighted by atomic mass is 35.5. The molecule has 0 saturated carbocycles. The number of rotatable bonds is 3. The first kappa shape index (κ1) is 17.6. The second-order valence-electron chi connectivity index (χ2n) is 6.62. The maximum Gasteiger partial charge on any atom is 0.340 e. The molecule has 7 heteroatoms. The van der Waals surface area contributed by atoms with Crippen LogP contribution >= 0.6 is 11.6 Å². The number of hydrazine groups is 1. The predicted molar refractivity (Wildman–Crippen MR) is 104 cm³/mol. The maximum atomic E-state index is 13.0. The van der Waals surface area contributed by atoms with E-state index >= 15 is 0 Å². The topological polar surface area (TPSA) is 55.9 Å². The van der Waals surface area contributed by atoms with E-state index in [-0.39, 0.29) is 11.9 Å². The molecule has 2 aliphatic rings. The third-order valence-electron chi connectivity index (χ3n) is 4.94. The van der Waals surface area contributed by atoms with Crippen molar-refractivity contribution in [3.05, 3.63) is 76.6 Å². The fourth-order valence-electron chi connectivity index (χ4n) is 3.31. The first-order chi connectivity index (χ1) is 13.0. The van der Waals surface area contributed by atoms with Crippen molar-refractivity contribution in [3.63, 3.8) is 0 Å². The zero-order valence-corrected chi connectivity index (χ0v) is 15.8. The smallest absolute Gasteiger partial charge is 0.283 e. The van der Waals surface area contributed by atoms with Gasteiger partial charge in [-0.15, -0.1) is 0 Å². The number of carbonyl (C=O) groups is 2. The highest BCUT2D eigenvalue weighted by molar-refractivity contribution is 6.31. The van der Waals surface area contributed by atoms with Crippen LogP contribution in [0, 0.1) is 13.8 Å². The summed E-state index contributed by atoms with van der Waals surface area (Å²) in [6, 6.07) is 13.0. The number of nitrogens with zero attached hydrogens (tertiary/aromatic N) is 3. The Kier molecular flexibility index (Phi) is 4.37. The molecular formula is C20H19ClN4O2. The Hall–Kier alpha value is -2.83. The molecule has 0 spiro atoms. The predicted octanol–water partition coefficient (Wildman–Crippen LogP) is 3.54. The van der Waals surface area contributed by atoms with Gasteiger partial charge in [0.25, 0.3) is 5.91 Å². The average molecular weight is 383 g/mol. The zero-order valence-electron chi connectivity index (χ0n) is 15.0. The van der Waals surface area contributed by atoms with Gasteiger partial charge in [-0.05, 0) is 42.7 Å². The molecule has 2 aromatic rings. The molecule has 2 aliphatic heterocycles. The third kappa shape index (κ3) is 2.97.